The minimum Gasteiger partial charge on any atom is -0.457 e. The summed E-state index contributed by atoms with van der Waals surface area (Å²) in [6.07, 6.45) is 1.42. The average Bonchev–Trinajstić information content (AvgIpc) is 2.75. The van der Waals surface area contributed by atoms with Crippen molar-refractivity contribution in [1.29, 1.82) is 0 Å². The van der Waals surface area contributed by atoms with Gasteiger partial charge in [0.15, 0.2) is 0 Å². The normalized spacial score (nSPS) is 10.1. The maximum atomic E-state index is 11.6. The van der Waals surface area contributed by atoms with Crippen LogP contribution in [-0.4, -0.2) is 5.97 Å². The minimum atomic E-state index is -0.520. The van der Waals surface area contributed by atoms with Gasteiger partial charge < -0.3 is 9.15 Å². The Balaban J connectivity index is 2.18. The maximum absolute atomic E-state index is 11.6. The Morgan fingerprint density at radius 1 is 1.25 bits per heavy atom. The van der Waals surface area contributed by atoms with Crippen LogP contribution in [0.25, 0.3) is 0 Å². The number of halogens is 2. The second-order valence-corrected chi connectivity index (χ2v) is 4.71. The molecule has 0 aliphatic rings. The first-order valence-corrected chi connectivity index (χ1v) is 5.96. The molecule has 0 amide bonds. The fourth-order valence-electron chi connectivity index (χ4n) is 1.10. The van der Waals surface area contributed by atoms with E-state index in [4.69, 9.17) is 9.15 Å². The molecular weight excluding hydrogens is 340 g/mol. The topological polar surface area (TPSA) is 39.4 Å². The molecule has 0 radical (unpaired) electrons. The van der Waals surface area contributed by atoms with Gasteiger partial charge in [-0.05, 0) is 46.3 Å². The van der Waals surface area contributed by atoms with Crippen molar-refractivity contribution in [3.8, 4) is 5.75 Å². The van der Waals surface area contributed by atoms with Gasteiger partial charge in [-0.2, -0.15) is 0 Å². The first-order chi connectivity index (χ1) is 7.66. The van der Waals surface area contributed by atoms with Crippen LogP contribution in [0.2, 0.25) is 0 Å². The molecule has 16 heavy (non-hydrogen) atoms. The Morgan fingerprint density at radius 2 is 2.06 bits per heavy atom. The van der Waals surface area contributed by atoms with Crippen LogP contribution in [0.5, 0.6) is 5.75 Å². The molecule has 0 saturated carbocycles. The number of hydrogen-bond acceptors (Lipinski definition) is 3. The molecule has 5 heteroatoms. The lowest BCUT2D eigenvalue weighted by atomic mass is 10.3. The van der Waals surface area contributed by atoms with E-state index in [0.717, 1.165) is 4.47 Å². The summed E-state index contributed by atoms with van der Waals surface area (Å²) in [5.41, 5.74) is 0. The molecule has 0 aliphatic heterocycles. The SMILES string of the molecule is O=C(Oc1ccc(Br)cc1Br)c1ccco1. The van der Waals surface area contributed by atoms with Gasteiger partial charge in [0, 0.05) is 4.47 Å². The Morgan fingerprint density at radius 3 is 2.69 bits per heavy atom. The number of furan rings is 1. The maximum Gasteiger partial charge on any atom is 0.379 e. The fraction of sp³-hybridized carbons (Fsp3) is 0. The monoisotopic (exact) mass is 344 g/mol. The number of hydrogen-bond donors (Lipinski definition) is 0. The van der Waals surface area contributed by atoms with Crippen molar-refractivity contribution in [3.05, 3.63) is 51.3 Å². The van der Waals surface area contributed by atoms with Gasteiger partial charge in [0.25, 0.3) is 0 Å². The second-order valence-electron chi connectivity index (χ2n) is 2.94. The van der Waals surface area contributed by atoms with Crippen LogP contribution in [-0.2, 0) is 0 Å². The van der Waals surface area contributed by atoms with Gasteiger partial charge in [-0.1, -0.05) is 15.9 Å². The highest BCUT2D eigenvalue weighted by atomic mass is 79.9. The molecule has 0 N–H and O–H groups in total. The molecule has 3 nitrogen and oxygen atoms in total. The summed E-state index contributed by atoms with van der Waals surface area (Å²) < 4.78 is 11.7. The Bertz CT molecular complexity index is 506. The zero-order valence-corrected chi connectivity index (χ0v) is 11.1. The van der Waals surface area contributed by atoms with Crippen molar-refractivity contribution in [1.82, 2.24) is 0 Å². The van der Waals surface area contributed by atoms with Gasteiger partial charge in [0.2, 0.25) is 5.76 Å². The third-order valence-electron chi connectivity index (χ3n) is 1.82. The van der Waals surface area contributed by atoms with Crippen LogP contribution >= 0.6 is 31.9 Å². The number of ether oxygens (including phenoxy) is 1. The summed E-state index contributed by atoms with van der Waals surface area (Å²) in [5, 5.41) is 0. The molecule has 1 aromatic carbocycles. The molecule has 0 fully saturated rings. The predicted molar refractivity (Wildman–Crippen MR) is 65.5 cm³/mol. The van der Waals surface area contributed by atoms with Crippen LogP contribution in [0.4, 0.5) is 0 Å². The second kappa shape index (κ2) is 4.84. The minimum absolute atomic E-state index is 0.176. The van der Waals surface area contributed by atoms with Crippen LogP contribution in [0, 0.1) is 0 Å². The van der Waals surface area contributed by atoms with E-state index in [0.29, 0.717) is 10.2 Å². The lowest BCUT2D eigenvalue weighted by Crippen LogP contribution is -2.07. The smallest absolute Gasteiger partial charge is 0.379 e. The van der Waals surface area contributed by atoms with Crippen LogP contribution in [0.1, 0.15) is 10.6 Å². The molecule has 0 aliphatic carbocycles. The number of carbonyl (C=O) groups excluding carboxylic acids is 1. The van der Waals surface area contributed by atoms with Gasteiger partial charge in [-0.15, -0.1) is 0 Å². The largest absolute Gasteiger partial charge is 0.457 e. The van der Waals surface area contributed by atoms with Gasteiger partial charge in [0.05, 0.1) is 10.7 Å². The number of rotatable bonds is 2. The van der Waals surface area contributed by atoms with Crippen molar-refractivity contribution < 1.29 is 13.9 Å². The lowest BCUT2D eigenvalue weighted by Gasteiger charge is -2.04. The quantitative estimate of drug-likeness (QED) is 0.609. The first-order valence-electron chi connectivity index (χ1n) is 4.37. The third-order valence-corrected chi connectivity index (χ3v) is 2.93. The van der Waals surface area contributed by atoms with Gasteiger partial charge in [0.1, 0.15) is 5.75 Å². The molecule has 0 unspecified atom stereocenters. The molecule has 82 valence electrons. The Kier molecular flexibility index (Phi) is 3.46. The highest BCUT2D eigenvalue weighted by Gasteiger charge is 2.13. The first kappa shape index (κ1) is 11.4. The van der Waals surface area contributed by atoms with Crippen LogP contribution in [0.15, 0.2) is 50.0 Å². The number of esters is 1. The fourth-order valence-corrected chi connectivity index (χ4v) is 2.23. The molecule has 0 spiro atoms. The van der Waals surface area contributed by atoms with Crippen molar-refractivity contribution in [2.75, 3.05) is 0 Å². The zero-order chi connectivity index (χ0) is 11.5. The van der Waals surface area contributed by atoms with E-state index in [-0.39, 0.29) is 5.76 Å². The molecule has 1 heterocycles. The van der Waals surface area contributed by atoms with Gasteiger partial charge >= 0.3 is 5.97 Å². The van der Waals surface area contributed by atoms with E-state index in [1.165, 1.54) is 6.26 Å². The Hall–Kier alpha value is -1.07. The molecule has 1 aromatic heterocycles. The van der Waals surface area contributed by atoms with E-state index in [9.17, 15) is 4.79 Å². The van der Waals surface area contributed by atoms with Crippen LogP contribution < -0.4 is 4.74 Å². The van der Waals surface area contributed by atoms with E-state index in [1.807, 2.05) is 0 Å². The van der Waals surface area contributed by atoms with Crippen molar-refractivity contribution >= 4 is 37.8 Å². The van der Waals surface area contributed by atoms with Gasteiger partial charge in [-0.25, -0.2) is 4.79 Å². The van der Waals surface area contributed by atoms with E-state index < -0.39 is 5.97 Å². The summed E-state index contributed by atoms with van der Waals surface area (Å²) in [4.78, 5) is 11.6. The van der Waals surface area contributed by atoms with Crippen molar-refractivity contribution in [3.63, 3.8) is 0 Å². The van der Waals surface area contributed by atoms with E-state index >= 15 is 0 Å². The summed E-state index contributed by atoms with van der Waals surface area (Å²) >= 11 is 6.61. The average molecular weight is 346 g/mol. The zero-order valence-electron chi connectivity index (χ0n) is 7.94. The van der Waals surface area contributed by atoms with E-state index in [2.05, 4.69) is 31.9 Å². The standard InChI is InChI=1S/C11H6Br2O3/c12-7-3-4-9(8(13)6-7)16-11(14)10-2-1-5-15-10/h1-6H. The van der Waals surface area contributed by atoms with Crippen molar-refractivity contribution in [2.24, 2.45) is 0 Å². The number of carbonyl (C=O) groups is 1. The predicted octanol–water partition coefficient (Wildman–Crippen LogP) is 4.02. The molecule has 0 atom stereocenters. The van der Waals surface area contributed by atoms with Gasteiger partial charge in [-0.3, -0.25) is 0 Å². The lowest BCUT2D eigenvalue weighted by molar-refractivity contribution is 0.0700. The summed E-state index contributed by atoms with van der Waals surface area (Å²) in [6.45, 7) is 0. The Labute approximate surface area is 109 Å². The highest BCUT2D eigenvalue weighted by Crippen LogP contribution is 2.28. The highest BCUT2D eigenvalue weighted by molar-refractivity contribution is 9.11. The summed E-state index contributed by atoms with van der Waals surface area (Å²) in [7, 11) is 0. The van der Waals surface area contributed by atoms with E-state index in [1.54, 1.807) is 30.3 Å². The molecule has 2 rings (SSSR count). The molecule has 2 aromatic rings. The van der Waals surface area contributed by atoms with Crippen molar-refractivity contribution in [2.45, 2.75) is 0 Å². The molecule has 0 bridgehead atoms. The summed E-state index contributed by atoms with van der Waals surface area (Å²) in [5.74, 6) is 0.104. The number of benzene rings is 1. The van der Waals surface area contributed by atoms with Crippen LogP contribution in [0.3, 0.4) is 0 Å². The summed E-state index contributed by atoms with van der Waals surface area (Å²) in [6, 6.07) is 8.46. The molecular formula is C11H6Br2O3. The third kappa shape index (κ3) is 2.54. The molecule has 0 saturated heterocycles.